The molecule has 0 aromatic heterocycles. The van der Waals surface area contributed by atoms with Gasteiger partial charge in [0.2, 0.25) is 0 Å². The zero-order valence-corrected chi connectivity index (χ0v) is 21.1. The molecule has 1 amide bonds. The Morgan fingerprint density at radius 2 is 1.43 bits per heavy atom. The van der Waals surface area contributed by atoms with Gasteiger partial charge in [0.1, 0.15) is 30.0 Å². The summed E-state index contributed by atoms with van der Waals surface area (Å²) in [6, 6.07) is 20.7. The summed E-state index contributed by atoms with van der Waals surface area (Å²) in [5.74, 6) is 0.530. The van der Waals surface area contributed by atoms with Crippen LogP contribution in [0.1, 0.15) is 36.8 Å². The highest BCUT2D eigenvalue weighted by molar-refractivity contribution is 5.79. The van der Waals surface area contributed by atoms with Crippen LogP contribution in [0.25, 0.3) is 11.1 Å². The summed E-state index contributed by atoms with van der Waals surface area (Å²) in [6.07, 6.45) is -1.15. The van der Waals surface area contributed by atoms with Crippen LogP contribution in [-0.2, 0) is 9.53 Å². The van der Waals surface area contributed by atoms with Crippen LogP contribution in [0.5, 0.6) is 17.2 Å². The van der Waals surface area contributed by atoms with Gasteiger partial charge in [-0.2, -0.15) is 0 Å². The summed E-state index contributed by atoms with van der Waals surface area (Å²) in [7, 11) is 3.08. The molecule has 0 saturated heterocycles. The van der Waals surface area contributed by atoms with Crippen molar-refractivity contribution in [1.82, 2.24) is 5.32 Å². The van der Waals surface area contributed by atoms with E-state index in [9.17, 15) is 14.7 Å². The predicted molar refractivity (Wildman–Crippen MR) is 138 cm³/mol. The Hall–Kier alpha value is -4.20. The third-order valence-corrected chi connectivity index (χ3v) is 6.53. The molecule has 1 aliphatic rings. The molecule has 0 aliphatic heterocycles. The van der Waals surface area contributed by atoms with Gasteiger partial charge in [-0.3, -0.25) is 4.79 Å². The van der Waals surface area contributed by atoms with Crippen LogP contribution in [0, 0.1) is 0 Å². The van der Waals surface area contributed by atoms with Crippen molar-refractivity contribution in [3.63, 3.8) is 0 Å². The predicted octanol–water partition coefficient (Wildman–Crippen LogP) is 5.24. The molecular formula is C29H31NO7. The Morgan fingerprint density at radius 1 is 0.892 bits per heavy atom. The van der Waals surface area contributed by atoms with E-state index in [-0.39, 0.29) is 25.4 Å². The number of carbonyl (C=O) groups excluding carboxylic acids is 1. The second-order valence-corrected chi connectivity index (χ2v) is 8.88. The lowest BCUT2D eigenvalue weighted by Crippen LogP contribution is -2.45. The Morgan fingerprint density at radius 3 is 1.97 bits per heavy atom. The molecular weight excluding hydrogens is 474 g/mol. The number of ether oxygens (including phenoxy) is 4. The minimum Gasteiger partial charge on any atom is -0.496 e. The average Bonchev–Trinajstić information content (AvgIpc) is 3.23. The normalized spacial score (nSPS) is 13.6. The lowest BCUT2D eigenvalue weighted by Gasteiger charge is -2.26. The van der Waals surface area contributed by atoms with Crippen molar-refractivity contribution in [2.24, 2.45) is 0 Å². The molecule has 0 spiro atoms. The van der Waals surface area contributed by atoms with E-state index in [0.717, 1.165) is 22.3 Å². The number of amides is 1. The number of hydrogen-bond acceptors (Lipinski definition) is 6. The number of methoxy groups -OCH3 is 2. The van der Waals surface area contributed by atoms with Gasteiger partial charge in [-0.15, -0.1) is 0 Å². The van der Waals surface area contributed by atoms with Crippen LogP contribution in [0.3, 0.4) is 0 Å². The van der Waals surface area contributed by atoms with E-state index in [2.05, 4.69) is 29.6 Å². The van der Waals surface area contributed by atoms with Crippen molar-refractivity contribution in [2.45, 2.75) is 37.8 Å². The minimum absolute atomic E-state index is 0.0754. The number of fused-ring (bicyclic) bond motifs is 3. The fourth-order valence-corrected chi connectivity index (χ4v) is 4.64. The molecule has 3 aromatic rings. The molecule has 0 radical (unpaired) electrons. The summed E-state index contributed by atoms with van der Waals surface area (Å²) in [4.78, 5) is 24.1. The van der Waals surface area contributed by atoms with Crippen LogP contribution >= 0.6 is 0 Å². The van der Waals surface area contributed by atoms with Gasteiger partial charge in [0.05, 0.1) is 20.3 Å². The topological polar surface area (TPSA) is 103 Å². The molecule has 0 saturated carbocycles. The maximum Gasteiger partial charge on any atom is 0.407 e. The Bertz CT molecular complexity index is 1190. The zero-order chi connectivity index (χ0) is 26.4. The average molecular weight is 506 g/mol. The largest absolute Gasteiger partial charge is 0.496 e. The molecule has 2 N–H and O–H groups in total. The van der Waals surface area contributed by atoms with E-state index in [1.165, 1.54) is 14.2 Å². The molecule has 2 unspecified atom stereocenters. The first-order chi connectivity index (χ1) is 17.9. The summed E-state index contributed by atoms with van der Waals surface area (Å²) in [5.41, 5.74) is 4.51. The van der Waals surface area contributed by atoms with Gasteiger partial charge in [0, 0.05) is 30.5 Å². The van der Waals surface area contributed by atoms with E-state index in [1.807, 2.05) is 24.3 Å². The highest BCUT2D eigenvalue weighted by atomic mass is 16.5. The second-order valence-electron chi connectivity index (χ2n) is 8.88. The first-order valence-electron chi connectivity index (χ1n) is 12.1. The molecule has 0 heterocycles. The lowest BCUT2D eigenvalue weighted by atomic mass is 9.98. The van der Waals surface area contributed by atoms with Gasteiger partial charge in [0.15, 0.2) is 0 Å². The monoisotopic (exact) mass is 505 g/mol. The van der Waals surface area contributed by atoms with E-state index < -0.39 is 24.2 Å². The van der Waals surface area contributed by atoms with Crippen molar-refractivity contribution >= 4 is 12.1 Å². The van der Waals surface area contributed by atoms with E-state index in [0.29, 0.717) is 17.2 Å². The smallest absolute Gasteiger partial charge is 0.407 e. The van der Waals surface area contributed by atoms with Crippen LogP contribution in [0.4, 0.5) is 4.79 Å². The molecule has 0 fully saturated rings. The third kappa shape index (κ3) is 6.14. The molecule has 4 rings (SSSR count). The van der Waals surface area contributed by atoms with Gasteiger partial charge in [-0.05, 0) is 35.6 Å². The molecule has 1 aliphatic carbocycles. The first kappa shape index (κ1) is 25.9. The quantitative estimate of drug-likeness (QED) is 0.367. The molecule has 8 nitrogen and oxygen atoms in total. The third-order valence-electron chi connectivity index (χ3n) is 6.53. The van der Waals surface area contributed by atoms with Crippen molar-refractivity contribution in [3.8, 4) is 28.4 Å². The Labute approximate surface area is 216 Å². The number of alkyl carbamates (subject to hydrolysis) is 1. The van der Waals surface area contributed by atoms with Gasteiger partial charge in [-0.25, -0.2) is 4.79 Å². The highest BCUT2D eigenvalue weighted by Gasteiger charge is 2.30. The first-order valence-corrected chi connectivity index (χ1v) is 12.1. The molecule has 0 bridgehead atoms. The summed E-state index contributed by atoms with van der Waals surface area (Å²) in [6.45, 7) is 1.93. The number of carboxylic acids is 1. The summed E-state index contributed by atoms with van der Waals surface area (Å²) >= 11 is 0. The lowest BCUT2D eigenvalue weighted by molar-refractivity contribution is -0.137. The van der Waals surface area contributed by atoms with E-state index >= 15 is 0 Å². The zero-order valence-electron chi connectivity index (χ0n) is 21.1. The van der Waals surface area contributed by atoms with Gasteiger partial charge < -0.3 is 29.4 Å². The van der Waals surface area contributed by atoms with Crippen LogP contribution in [-0.4, -0.2) is 50.1 Å². The van der Waals surface area contributed by atoms with Gasteiger partial charge >= 0.3 is 12.1 Å². The molecule has 3 aromatic carbocycles. The van der Waals surface area contributed by atoms with E-state index in [4.69, 9.17) is 18.9 Å². The summed E-state index contributed by atoms with van der Waals surface area (Å²) in [5, 5.41) is 12.0. The van der Waals surface area contributed by atoms with Crippen LogP contribution in [0.2, 0.25) is 0 Å². The SMILES string of the molecule is COc1cc(OC)cc(OC(C)C(CCC(=O)O)NC(=O)OCC2c3ccccc3-c3ccccc32)c1. The number of benzene rings is 3. The molecule has 37 heavy (non-hydrogen) atoms. The fourth-order valence-electron chi connectivity index (χ4n) is 4.64. The van der Waals surface area contributed by atoms with Crippen LogP contribution in [0.15, 0.2) is 66.7 Å². The number of nitrogens with one attached hydrogen (secondary N) is 1. The highest BCUT2D eigenvalue weighted by Crippen LogP contribution is 2.44. The maximum atomic E-state index is 12.9. The van der Waals surface area contributed by atoms with Gasteiger partial charge in [0.25, 0.3) is 0 Å². The van der Waals surface area contributed by atoms with Crippen molar-refractivity contribution in [2.75, 3.05) is 20.8 Å². The molecule has 8 heteroatoms. The molecule has 194 valence electrons. The maximum absolute atomic E-state index is 12.9. The molecule has 2 atom stereocenters. The number of aliphatic carboxylic acids is 1. The van der Waals surface area contributed by atoms with Crippen molar-refractivity contribution in [1.29, 1.82) is 0 Å². The summed E-state index contributed by atoms with van der Waals surface area (Å²) < 4.78 is 22.3. The van der Waals surface area contributed by atoms with Crippen LogP contribution < -0.4 is 19.5 Å². The number of rotatable bonds is 11. The minimum atomic E-state index is -0.963. The standard InChI is InChI=1S/C29H31NO7/c1-18(37-21-15-19(34-2)14-20(16-21)35-3)27(12-13-28(31)32)30-29(33)36-17-26-24-10-6-4-8-22(24)23-9-5-7-11-25(23)26/h4-11,14-16,18,26-27H,12-13,17H2,1-3H3,(H,30,33)(H,31,32). The Kier molecular flexibility index (Phi) is 8.18. The van der Waals surface area contributed by atoms with Gasteiger partial charge in [-0.1, -0.05) is 48.5 Å². The van der Waals surface area contributed by atoms with Crippen molar-refractivity contribution in [3.05, 3.63) is 77.9 Å². The Balaban J connectivity index is 1.44. The fraction of sp³-hybridized carbons (Fsp3) is 0.310. The van der Waals surface area contributed by atoms with E-state index in [1.54, 1.807) is 25.1 Å². The number of hydrogen-bond donors (Lipinski definition) is 2. The second kappa shape index (κ2) is 11.7. The number of carbonyl (C=O) groups is 2. The van der Waals surface area contributed by atoms with Crippen molar-refractivity contribution < 1.29 is 33.6 Å². The number of carboxylic acid groups (broad SMARTS) is 1.